The van der Waals surface area contributed by atoms with E-state index < -0.39 is 12.3 Å². The first kappa shape index (κ1) is 12.9. The molecule has 6 heteroatoms. The summed E-state index contributed by atoms with van der Waals surface area (Å²) >= 11 is 0. The lowest BCUT2D eigenvalue weighted by Gasteiger charge is -2.15. The minimum absolute atomic E-state index is 0.0640. The molecule has 0 amide bonds. The van der Waals surface area contributed by atoms with Crippen LogP contribution in [-0.4, -0.2) is 17.7 Å². The normalized spacial score (nSPS) is 14.4. The predicted molar refractivity (Wildman–Crippen MR) is 62.5 cm³/mol. The molecular formula is C10H14NO4P. The number of benzene rings is 1. The topological polar surface area (TPSA) is 69.4 Å². The molecular weight excluding hydrogens is 229 g/mol. The molecule has 1 aromatic rings. The summed E-state index contributed by atoms with van der Waals surface area (Å²) in [5.74, 6) is 0. The van der Waals surface area contributed by atoms with Crippen LogP contribution in [0.25, 0.3) is 0 Å². The molecule has 5 nitrogen and oxygen atoms in total. The zero-order valence-electron chi connectivity index (χ0n) is 9.25. The minimum atomic E-state index is -2.92. The minimum Gasteiger partial charge on any atom is -0.326 e. The predicted octanol–water partition coefficient (Wildman–Crippen LogP) is 2.55. The second-order valence-corrected chi connectivity index (χ2v) is 5.94. The fourth-order valence-corrected chi connectivity index (χ4v) is 3.13. The third-order valence-electron chi connectivity index (χ3n) is 2.19. The molecule has 0 radical (unpaired) electrons. The summed E-state index contributed by atoms with van der Waals surface area (Å²) in [5, 5.41) is 11.0. The van der Waals surface area contributed by atoms with Gasteiger partial charge in [0.05, 0.1) is 11.5 Å². The molecule has 16 heavy (non-hydrogen) atoms. The Bertz CT molecular complexity index is 433. The Morgan fingerprint density at radius 3 is 2.62 bits per heavy atom. The second-order valence-electron chi connectivity index (χ2n) is 3.18. The average Bonchev–Trinajstić information content (AvgIpc) is 2.29. The molecule has 0 fully saturated rings. The van der Waals surface area contributed by atoms with Crippen molar-refractivity contribution in [3.05, 3.63) is 34.4 Å². The Hall–Kier alpha value is -1.19. The van der Waals surface area contributed by atoms with E-state index in [9.17, 15) is 14.7 Å². The number of nitro benzene ring substituents is 1. The summed E-state index contributed by atoms with van der Waals surface area (Å²) in [6.45, 7) is 3.82. The number of non-ortho nitro benzene ring substituents is 1. The van der Waals surface area contributed by atoms with E-state index in [1.165, 1.54) is 18.2 Å². The molecule has 0 aliphatic carbocycles. The molecule has 0 unspecified atom stereocenters. The van der Waals surface area contributed by atoms with Crippen LogP contribution in [0, 0.1) is 10.1 Å². The maximum atomic E-state index is 12.3. The first-order chi connectivity index (χ1) is 7.53. The molecule has 0 aliphatic rings. The van der Waals surface area contributed by atoms with E-state index in [-0.39, 0.29) is 5.69 Å². The van der Waals surface area contributed by atoms with Crippen molar-refractivity contribution in [2.24, 2.45) is 0 Å². The first-order valence-electron chi connectivity index (χ1n) is 5.02. The molecule has 88 valence electrons. The largest absolute Gasteiger partial charge is 0.326 e. The summed E-state index contributed by atoms with van der Waals surface area (Å²) in [7, 11) is -2.92. The maximum Gasteiger partial charge on any atom is 0.270 e. The van der Waals surface area contributed by atoms with Gasteiger partial charge in [-0.05, 0) is 13.0 Å². The van der Waals surface area contributed by atoms with Crippen LogP contribution < -0.4 is 5.30 Å². The molecule has 1 aromatic carbocycles. The van der Waals surface area contributed by atoms with Crippen molar-refractivity contribution >= 4 is 18.4 Å². The van der Waals surface area contributed by atoms with Crippen LogP contribution in [-0.2, 0) is 9.09 Å². The summed E-state index contributed by atoms with van der Waals surface area (Å²) < 4.78 is 17.5. The van der Waals surface area contributed by atoms with Crippen LogP contribution in [0.15, 0.2) is 24.3 Å². The number of nitrogens with zero attached hydrogens (tertiary/aromatic N) is 1. The van der Waals surface area contributed by atoms with Gasteiger partial charge in [0.2, 0.25) is 7.37 Å². The van der Waals surface area contributed by atoms with Crippen molar-refractivity contribution in [3.8, 4) is 0 Å². The van der Waals surface area contributed by atoms with Crippen LogP contribution >= 0.6 is 7.37 Å². The number of hydrogen-bond acceptors (Lipinski definition) is 4. The average molecular weight is 243 g/mol. The molecule has 0 N–H and O–H groups in total. The summed E-state index contributed by atoms with van der Waals surface area (Å²) in [6.07, 6.45) is 0.335. The SMILES string of the molecule is CCO[P@@](=O)(CC)c1cccc([N+](=O)[O-])c1. The third-order valence-corrected chi connectivity index (χ3v) is 4.76. The van der Waals surface area contributed by atoms with Gasteiger partial charge in [0, 0.05) is 23.6 Å². The van der Waals surface area contributed by atoms with Crippen LogP contribution in [0.5, 0.6) is 0 Å². The van der Waals surface area contributed by atoms with E-state index in [0.29, 0.717) is 18.1 Å². The monoisotopic (exact) mass is 243 g/mol. The van der Waals surface area contributed by atoms with Gasteiger partial charge in [-0.1, -0.05) is 13.0 Å². The molecule has 1 rings (SSSR count). The van der Waals surface area contributed by atoms with Gasteiger partial charge in [-0.2, -0.15) is 0 Å². The fourth-order valence-electron chi connectivity index (χ4n) is 1.38. The van der Waals surface area contributed by atoms with Crippen LogP contribution in [0.1, 0.15) is 13.8 Å². The summed E-state index contributed by atoms with van der Waals surface area (Å²) in [4.78, 5) is 10.1. The highest BCUT2D eigenvalue weighted by Crippen LogP contribution is 2.45. The molecule has 0 spiro atoms. The zero-order chi connectivity index (χ0) is 12.2. The number of rotatable bonds is 5. The molecule has 0 bridgehead atoms. The molecule has 0 saturated carbocycles. The molecule has 1 atom stereocenters. The van der Waals surface area contributed by atoms with E-state index in [4.69, 9.17) is 4.52 Å². The molecule has 0 saturated heterocycles. The highest BCUT2D eigenvalue weighted by Gasteiger charge is 2.24. The van der Waals surface area contributed by atoms with Gasteiger partial charge in [-0.25, -0.2) is 0 Å². The van der Waals surface area contributed by atoms with Crippen molar-refractivity contribution < 1.29 is 14.0 Å². The Morgan fingerprint density at radius 2 is 2.12 bits per heavy atom. The van der Waals surface area contributed by atoms with E-state index in [2.05, 4.69) is 0 Å². The second kappa shape index (κ2) is 5.23. The quantitative estimate of drug-likeness (QED) is 0.452. The lowest BCUT2D eigenvalue weighted by atomic mass is 10.3. The number of nitro groups is 1. The summed E-state index contributed by atoms with van der Waals surface area (Å²) in [6, 6.07) is 5.82. The van der Waals surface area contributed by atoms with Crippen molar-refractivity contribution in [1.29, 1.82) is 0 Å². The van der Waals surface area contributed by atoms with Crippen molar-refractivity contribution in [3.63, 3.8) is 0 Å². The number of hydrogen-bond donors (Lipinski definition) is 0. The van der Waals surface area contributed by atoms with Gasteiger partial charge in [-0.3, -0.25) is 14.7 Å². The fraction of sp³-hybridized carbons (Fsp3) is 0.400. The van der Waals surface area contributed by atoms with Crippen LogP contribution in [0.2, 0.25) is 0 Å². The van der Waals surface area contributed by atoms with E-state index in [1.807, 2.05) is 0 Å². The third kappa shape index (κ3) is 2.68. The highest BCUT2D eigenvalue weighted by atomic mass is 31.2. The van der Waals surface area contributed by atoms with Crippen molar-refractivity contribution in [1.82, 2.24) is 0 Å². The van der Waals surface area contributed by atoms with Gasteiger partial charge in [0.15, 0.2) is 0 Å². The van der Waals surface area contributed by atoms with Crippen molar-refractivity contribution in [2.75, 3.05) is 12.8 Å². The van der Waals surface area contributed by atoms with Gasteiger partial charge in [-0.15, -0.1) is 0 Å². The van der Waals surface area contributed by atoms with E-state index >= 15 is 0 Å². The van der Waals surface area contributed by atoms with E-state index in [0.717, 1.165) is 0 Å². The Morgan fingerprint density at radius 1 is 1.44 bits per heavy atom. The van der Waals surface area contributed by atoms with Gasteiger partial charge < -0.3 is 4.52 Å². The van der Waals surface area contributed by atoms with Gasteiger partial charge >= 0.3 is 0 Å². The zero-order valence-corrected chi connectivity index (χ0v) is 10.1. The Kier molecular flexibility index (Phi) is 4.21. The van der Waals surface area contributed by atoms with Crippen LogP contribution in [0.4, 0.5) is 5.69 Å². The molecule has 0 aliphatic heterocycles. The Balaban J connectivity index is 3.16. The lowest BCUT2D eigenvalue weighted by molar-refractivity contribution is -0.384. The lowest BCUT2D eigenvalue weighted by Crippen LogP contribution is -2.10. The van der Waals surface area contributed by atoms with Gasteiger partial charge in [0.25, 0.3) is 5.69 Å². The first-order valence-corrected chi connectivity index (χ1v) is 6.83. The smallest absolute Gasteiger partial charge is 0.270 e. The van der Waals surface area contributed by atoms with Gasteiger partial charge in [0.1, 0.15) is 0 Å². The molecule has 0 heterocycles. The summed E-state index contributed by atoms with van der Waals surface area (Å²) in [5.41, 5.74) is -0.0640. The van der Waals surface area contributed by atoms with Crippen molar-refractivity contribution in [2.45, 2.75) is 13.8 Å². The standard InChI is InChI=1S/C10H14NO4P/c1-3-15-16(14,4-2)10-7-5-6-9(8-10)11(12)13/h5-8H,3-4H2,1-2H3/t16-/m0/s1. The molecule has 0 aromatic heterocycles. The Labute approximate surface area is 94.0 Å². The highest BCUT2D eigenvalue weighted by molar-refractivity contribution is 7.66. The van der Waals surface area contributed by atoms with E-state index in [1.54, 1.807) is 19.9 Å². The maximum absolute atomic E-state index is 12.3. The van der Waals surface area contributed by atoms with Crippen LogP contribution in [0.3, 0.4) is 0 Å².